The van der Waals surface area contributed by atoms with Gasteiger partial charge < -0.3 is 15.2 Å². The van der Waals surface area contributed by atoms with E-state index < -0.39 is 0 Å². The third-order valence-corrected chi connectivity index (χ3v) is 5.68. The van der Waals surface area contributed by atoms with Crippen molar-refractivity contribution in [2.75, 3.05) is 0 Å². The second-order valence-electron chi connectivity index (χ2n) is 6.16. The van der Waals surface area contributed by atoms with E-state index in [9.17, 15) is 15.5 Å². The minimum atomic E-state index is -0.106. The third kappa shape index (κ3) is 3.62. The number of aromatic hydroxyl groups is 2. The quantitative estimate of drug-likeness (QED) is 0.303. The Morgan fingerprint density at radius 3 is 2.66 bits per heavy atom. The normalized spacial score (nSPS) is 11.2. The predicted molar refractivity (Wildman–Crippen MR) is 119 cm³/mol. The topological polar surface area (TPSA) is 105 Å². The van der Waals surface area contributed by atoms with Gasteiger partial charge in [-0.25, -0.2) is 4.98 Å². The van der Waals surface area contributed by atoms with Crippen LogP contribution in [0.25, 0.3) is 22.4 Å². The van der Waals surface area contributed by atoms with Gasteiger partial charge in [0.1, 0.15) is 21.8 Å². The van der Waals surface area contributed by atoms with Gasteiger partial charge in [-0.2, -0.15) is 5.26 Å². The molecule has 6 nitrogen and oxygen atoms in total. The Morgan fingerprint density at radius 2 is 1.86 bits per heavy atom. The summed E-state index contributed by atoms with van der Waals surface area (Å²) in [6, 6.07) is 16.5. The van der Waals surface area contributed by atoms with Gasteiger partial charge in [0.25, 0.3) is 0 Å². The number of nitrogens with one attached hydrogen (secondary N) is 1. The lowest BCUT2D eigenvalue weighted by atomic mass is 10.1. The Labute approximate surface area is 182 Å². The van der Waals surface area contributed by atoms with Crippen LogP contribution in [0.1, 0.15) is 11.1 Å². The van der Waals surface area contributed by atoms with Gasteiger partial charge in [-0.05, 0) is 68.3 Å². The first-order valence-electron chi connectivity index (χ1n) is 8.41. The Morgan fingerprint density at radius 1 is 1.07 bits per heavy atom. The lowest BCUT2D eigenvalue weighted by molar-refractivity contribution is 0.442. The molecule has 3 aromatic carbocycles. The van der Waals surface area contributed by atoms with Crippen LogP contribution in [0.4, 0.5) is 5.69 Å². The number of nitriles is 1. The fraction of sp³-hybridized carbons (Fsp3) is 0. The summed E-state index contributed by atoms with van der Waals surface area (Å²) >= 11 is 6.38. The van der Waals surface area contributed by atoms with E-state index in [1.165, 1.54) is 6.21 Å². The zero-order valence-corrected chi connectivity index (χ0v) is 17.9. The SMILES string of the molecule is N#Cc1ccccc1-c1nc2cc(/N=C/c3cc(Br)c(O)c(Br)c3O)ccc2[nH]1. The summed E-state index contributed by atoms with van der Waals surface area (Å²) in [5.41, 5.74) is 3.89. The van der Waals surface area contributed by atoms with Gasteiger partial charge in [0, 0.05) is 17.3 Å². The van der Waals surface area contributed by atoms with E-state index in [-0.39, 0.29) is 16.0 Å². The van der Waals surface area contributed by atoms with Crippen LogP contribution in [0, 0.1) is 11.3 Å². The van der Waals surface area contributed by atoms with Crippen molar-refractivity contribution in [1.82, 2.24) is 9.97 Å². The Bertz CT molecular complexity index is 1320. The largest absolute Gasteiger partial charge is 0.506 e. The van der Waals surface area contributed by atoms with Crippen molar-refractivity contribution in [2.45, 2.75) is 0 Å². The molecule has 3 N–H and O–H groups in total. The van der Waals surface area contributed by atoms with Crippen molar-refractivity contribution in [3.05, 3.63) is 68.6 Å². The lowest BCUT2D eigenvalue weighted by Gasteiger charge is -2.06. The van der Waals surface area contributed by atoms with E-state index in [1.54, 1.807) is 12.1 Å². The van der Waals surface area contributed by atoms with E-state index >= 15 is 0 Å². The maximum Gasteiger partial charge on any atom is 0.147 e. The number of imidazole rings is 1. The summed E-state index contributed by atoms with van der Waals surface area (Å²) in [7, 11) is 0. The molecular weight excluding hydrogens is 500 g/mol. The van der Waals surface area contributed by atoms with E-state index in [0.29, 0.717) is 32.6 Å². The first-order chi connectivity index (χ1) is 14.0. The Kier molecular flexibility index (Phi) is 5.09. The van der Waals surface area contributed by atoms with Gasteiger partial charge in [0.2, 0.25) is 0 Å². The number of hydrogen-bond donors (Lipinski definition) is 3. The number of phenolic OH excluding ortho intramolecular Hbond substituents is 2. The molecule has 4 aromatic rings. The lowest BCUT2D eigenvalue weighted by Crippen LogP contribution is -1.85. The molecule has 0 atom stereocenters. The molecule has 0 radical (unpaired) electrons. The van der Waals surface area contributed by atoms with Gasteiger partial charge in [-0.15, -0.1) is 0 Å². The highest BCUT2D eigenvalue weighted by Crippen LogP contribution is 2.40. The molecule has 0 saturated heterocycles. The van der Waals surface area contributed by atoms with E-state index in [4.69, 9.17) is 0 Å². The first kappa shape index (κ1) is 19.2. The molecule has 0 spiro atoms. The van der Waals surface area contributed by atoms with Gasteiger partial charge in [0.15, 0.2) is 0 Å². The maximum absolute atomic E-state index is 10.2. The molecule has 29 heavy (non-hydrogen) atoms. The second-order valence-corrected chi connectivity index (χ2v) is 7.81. The number of benzene rings is 3. The highest BCUT2D eigenvalue weighted by molar-refractivity contribution is 9.11. The number of fused-ring (bicyclic) bond motifs is 1. The number of H-pyrrole nitrogens is 1. The van der Waals surface area contributed by atoms with Crippen LogP contribution in [0.2, 0.25) is 0 Å². The number of aliphatic imine (C=N–C) groups is 1. The summed E-state index contributed by atoms with van der Waals surface area (Å²) in [4.78, 5) is 12.2. The van der Waals surface area contributed by atoms with Crippen LogP contribution in [0.5, 0.6) is 11.5 Å². The summed E-state index contributed by atoms with van der Waals surface area (Å²) in [6.45, 7) is 0. The summed E-state index contributed by atoms with van der Waals surface area (Å²) in [5.74, 6) is 0.427. The smallest absolute Gasteiger partial charge is 0.147 e. The Balaban J connectivity index is 1.70. The van der Waals surface area contributed by atoms with Crippen molar-refractivity contribution >= 4 is 54.8 Å². The first-order valence-corrected chi connectivity index (χ1v) is 10.00. The fourth-order valence-electron chi connectivity index (χ4n) is 2.85. The number of phenols is 2. The van der Waals surface area contributed by atoms with Crippen molar-refractivity contribution in [1.29, 1.82) is 5.26 Å². The number of aromatic amines is 1. The maximum atomic E-state index is 10.2. The highest BCUT2D eigenvalue weighted by atomic mass is 79.9. The van der Waals surface area contributed by atoms with Crippen LogP contribution in [0.3, 0.4) is 0 Å². The molecule has 4 rings (SSSR count). The van der Waals surface area contributed by atoms with Crippen LogP contribution in [-0.4, -0.2) is 26.4 Å². The average molecular weight is 512 g/mol. The van der Waals surface area contributed by atoms with Crippen LogP contribution < -0.4 is 0 Å². The number of rotatable bonds is 3. The minimum absolute atomic E-state index is 0.0808. The molecule has 0 saturated carbocycles. The molecule has 142 valence electrons. The minimum Gasteiger partial charge on any atom is -0.506 e. The van der Waals surface area contributed by atoms with Gasteiger partial charge in [0.05, 0.1) is 32.8 Å². The van der Waals surface area contributed by atoms with Gasteiger partial charge in [-0.3, -0.25) is 4.99 Å². The standard InChI is InChI=1S/C21H12Br2N4O2/c22-15-7-12(19(28)18(23)20(15)29)10-25-13-5-6-16-17(8-13)27-21(26-16)14-4-2-1-3-11(14)9-24/h1-8,10,28-29H,(H,26,27)/b25-10+. The van der Waals surface area contributed by atoms with Crippen molar-refractivity contribution < 1.29 is 10.2 Å². The predicted octanol–water partition coefficient (Wildman–Crippen LogP) is 5.79. The molecule has 0 fully saturated rings. The molecule has 1 aromatic heterocycles. The van der Waals surface area contributed by atoms with Crippen LogP contribution in [0.15, 0.2) is 62.5 Å². The molecule has 8 heteroatoms. The molecule has 0 aliphatic rings. The molecule has 0 aliphatic carbocycles. The zero-order valence-electron chi connectivity index (χ0n) is 14.7. The number of nitrogens with zero attached hydrogens (tertiary/aromatic N) is 3. The number of halogens is 2. The van der Waals surface area contributed by atoms with Gasteiger partial charge in [-0.1, -0.05) is 12.1 Å². The summed E-state index contributed by atoms with van der Waals surface area (Å²) < 4.78 is 0.629. The summed E-state index contributed by atoms with van der Waals surface area (Å²) in [6.07, 6.45) is 1.50. The fourth-order valence-corrected chi connectivity index (χ4v) is 4.00. The third-order valence-electron chi connectivity index (χ3n) is 4.32. The van der Waals surface area contributed by atoms with Gasteiger partial charge >= 0.3 is 0 Å². The van der Waals surface area contributed by atoms with Crippen LogP contribution in [-0.2, 0) is 0 Å². The molecule has 1 heterocycles. The molecular formula is C21H12Br2N4O2. The molecule has 0 bridgehead atoms. The van der Waals surface area contributed by atoms with E-state index in [1.807, 2.05) is 36.4 Å². The van der Waals surface area contributed by atoms with E-state index in [0.717, 1.165) is 11.1 Å². The second kappa shape index (κ2) is 7.70. The number of aromatic nitrogens is 2. The van der Waals surface area contributed by atoms with Crippen molar-refractivity contribution in [3.63, 3.8) is 0 Å². The van der Waals surface area contributed by atoms with E-state index in [2.05, 4.69) is 52.9 Å². The summed E-state index contributed by atoms with van der Waals surface area (Å²) in [5, 5.41) is 29.3. The number of hydrogen-bond acceptors (Lipinski definition) is 5. The zero-order chi connectivity index (χ0) is 20.5. The molecule has 0 aliphatic heterocycles. The highest BCUT2D eigenvalue weighted by Gasteiger charge is 2.13. The van der Waals surface area contributed by atoms with Crippen molar-refractivity contribution in [3.8, 4) is 29.0 Å². The monoisotopic (exact) mass is 510 g/mol. The van der Waals surface area contributed by atoms with Crippen LogP contribution >= 0.6 is 31.9 Å². The Hall–Kier alpha value is -3.15. The van der Waals surface area contributed by atoms with Crippen molar-refractivity contribution in [2.24, 2.45) is 4.99 Å². The molecule has 0 amide bonds. The average Bonchev–Trinajstić information content (AvgIpc) is 3.17. The molecule has 0 unspecified atom stereocenters.